The maximum absolute atomic E-state index is 5.00. The van der Waals surface area contributed by atoms with Gasteiger partial charge in [-0.1, -0.05) is 20.8 Å². The highest BCUT2D eigenvalue weighted by Gasteiger charge is 2.24. The third kappa shape index (κ3) is 1.67. The normalized spacial score (nSPS) is 12.0. The van der Waals surface area contributed by atoms with Gasteiger partial charge in [0.15, 0.2) is 6.39 Å². The van der Waals surface area contributed by atoms with E-state index in [1.165, 1.54) is 6.39 Å². The van der Waals surface area contributed by atoms with Crippen molar-refractivity contribution in [1.29, 1.82) is 0 Å². The van der Waals surface area contributed by atoms with Crippen LogP contribution in [0.2, 0.25) is 0 Å². The molecule has 0 amide bonds. The Morgan fingerprint density at radius 2 is 2.07 bits per heavy atom. The molecule has 15 heavy (non-hydrogen) atoms. The molecule has 2 rings (SSSR count). The van der Waals surface area contributed by atoms with Gasteiger partial charge < -0.3 is 4.42 Å². The average Bonchev–Trinajstić information content (AvgIpc) is 2.68. The van der Waals surface area contributed by atoms with Gasteiger partial charge in [0.05, 0.1) is 11.9 Å². The van der Waals surface area contributed by atoms with Crippen molar-refractivity contribution in [3.63, 3.8) is 0 Å². The summed E-state index contributed by atoms with van der Waals surface area (Å²) >= 11 is 0. The van der Waals surface area contributed by atoms with Gasteiger partial charge in [-0.3, -0.25) is 4.68 Å². The van der Waals surface area contributed by atoms with Crippen LogP contribution in [0.3, 0.4) is 0 Å². The highest BCUT2D eigenvalue weighted by molar-refractivity contribution is 5.61. The van der Waals surface area contributed by atoms with Crippen molar-refractivity contribution < 1.29 is 4.42 Å². The van der Waals surface area contributed by atoms with E-state index in [-0.39, 0.29) is 5.41 Å². The molecule has 80 valence electrons. The van der Waals surface area contributed by atoms with Crippen molar-refractivity contribution in [2.75, 3.05) is 0 Å². The molecule has 2 heterocycles. The highest BCUT2D eigenvalue weighted by atomic mass is 16.3. The summed E-state index contributed by atoms with van der Waals surface area (Å²) in [4.78, 5) is 4.15. The molecule has 0 N–H and O–H groups in total. The van der Waals surface area contributed by atoms with Crippen LogP contribution in [0, 0.1) is 0 Å². The second-order valence-corrected chi connectivity index (χ2v) is 4.65. The Bertz CT molecular complexity index is 449. The first-order chi connectivity index (χ1) is 7.00. The standard InChI is InChI=1S/C11H15N3O/c1-11(2,3)10-8(5-13-14(10)4)9-6-15-7-12-9/h5-7H,1-4H3. The molecule has 0 atom stereocenters. The summed E-state index contributed by atoms with van der Waals surface area (Å²) in [6.45, 7) is 6.48. The van der Waals surface area contributed by atoms with Gasteiger partial charge in [-0.2, -0.15) is 5.10 Å². The highest BCUT2D eigenvalue weighted by Crippen LogP contribution is 2.31. The van der Waals surface area contributed by atoms with Crippen LogP contribution in [-0.2, 0) is 12.5 Å². The molecule has 0 spiro atoms. The lowest BCUT2D eigenvalue weighted by Gasteiger charge is -2.20. The minimum atomic E-state index is 0.0412. The predicted molar refractivity (Wildman–Crippen MR) is 57.4 cm³/mol. The second-order valence-electron chi connectivity index (χ2n) is 4.65. The quantitative estimate of drug-likeness (QED) is 0.717. The maximum Gasteiger partial charge on any atom is 0.181 e. The number of hydrogen-bond acceptors (Lipinski definition) is 3. The van der Waals surface area contributed by atoms with E-state index in [2.05, 4.69) is 30.9 Å². The Morgan fingerprint density at radius 1 is 1.33 bits per heavy atom. The first-order valence-electron chi connectivity index (χ1n) is 4.91. The van der Waals surface area contributed by atoms with Gasteiger partial charge in [0.25, 0.3) is 0 Å². The van der Waals surface area contributed by atoms with Gasteiger partial charge in [-0.05, 0) is 0 Å². The number of hydrogen-bond donors (Lipinski definition) is 0. The number of rotatable bonds is 1. The smallest absolute Gasteiger partial charge is 0.181 e. The van der Waals surface area contributed by atoms with Crippen LogP contribution < -0.4 is 0 Å². The molecule has 0 radical (unpaired) electrons. The molecule has 2 aromatic rings. The fourth-order valence-corrected chi connectivity index (χ4v) is 1.86. The Hall–Kier alpha value is -1.58. The third-order valence-corrected chi connectivity index (χ3v) is 2.36. The maximum atomic E-state index is 5.00. The lowest BCUT2D eigenvalue weighted by Crippen LogP contribution is -2.17. The van der Waals surface area contributed by atoms with Crippen LogP contribution in [0.5, 0.6) is 0 Å². The molecule has 2 aromatic heterocycles. The first-order valence-corrected chi connectivity index (χ1v) is 4.91. The van der Waals surface area contributed by atoms with Crippen molar-refractivity contribution in [1.82, 2.24) is 14.8 Å². The van der Waals surface area contributed by atoms with E-state index in [0.29, 0.717) is 0 Å². The Morgan fingerprint density at radius 3 is 2.60 bits per heavy atom. The summed E-state index contributed by atoms with van der Waals surface area (Å²) in [6.07, 6.45) is 4.92. The van der Waals surface area contributed by atoms with Gasteiger partial charge in [0.1, 0.15) is 12.0 Å². The molecule has 0 aliphatic rings. The van der Waals surface area contributed by atoms with Crippen molar-refractivity contribution in [2.24, 2.45) is 7.05 Å². The van der Waals surface area contributed by atoms with Crippen LogP contribution in [0.15, 0.2) is 23.3 Å². The largest absolute Gasteiger partial charge is 0.451 e. The van der Waals surface area contributed by atoms with Gasteiger partial charge >= 0.3 is 0 Å². The molecule has 0 unspecified atom stereocenters. The van der Waals surface area contributed by atoms with Crippen LogP contribution >= 0.6 is 0 Å². The predicted octanol–water partition coefficient (Wildman–Crippen LogP) is 2.37. The molecule has 0 aliphatic carbocycles. The molecular weight excluding hydrogens is 190 g/mol. The minimum absolute atomic E-state index is 0.0412. The van der Waals surface area contributed by atoms with Gasteiger partial charge in [0.2, 0.25) is 0 Å². The van der Waals surface area contributed by atoms with Crippen LogP contribution in [0.1, 0.15) is 26.5 Å². The van der Waals surface area contributed by atoms with E-state index in [9.17, 15) is 0 Å². The number of aromatic nitrogens is 3. The summed E-state index contributed by atoms with van der Waals surface area (Å²) in [6, 6.07) is 0. The van der Waals surface area contributed by atoms with Gasteiger partial charge in [0, 0.05) is 18.0 Å². The van der Waals surface area contributed by atoms with Gasteiger partial charge in [-0.15, -0.1) is 0 Å². The SMILES string of the molecule is Cn1ncc(-c2cocn2)c1C(C)(C)C. The number of oxazole rings is 1. The molecule has 4 heteroatoms. The molecule has 0 saturated heterocycles. The topological polar surface area (TPSA) is 43.9 Å². The lowest BCUT2D eigenvalue weighted by atomic mass is 9.88. The minimum Gasteiger partial charge on any atom is -0.451 e. The summed E-state index contributed by atoms with van der Waals surface area (Å²) < 4.78 is 6.89. The second kappa shape index (κ2) is 3.22. The zero-order chi connectivity index (χ0) is 11.1. The van der Waals surface area contributed by atoms with Crippen molar-refractivity contribution >= 4 is 0 Å². The Labute approximate surface area is 88.9 Å². The van der Waals surface area contributed by atoms with E-state index in [1.807, 2.05) is 17.9 Å². The van der Waals surface area contributed by atoms with E-state index >= 15 is 0 Å². The fraction of sp³-hybridized carbons (Fsp3) is 0.455. The van der Waals surface area contributed by atoms with Crippen molar-refractivity contribution in [2.45, 2.75) is 26.2 Å². The fourth-order valence-electron chi connectivity index (χ4n) is 1.86. The Kier molecular flexibility index (Phi) is 2.14. The first kappa shape index (κ1) is 9.96. The molecule has 0 aliphatic heterocycles. The molecule has 0 saturated carbocycles. The molecule has 0 bridgehead atoms. The summed E-state index contributed by atoms with van der Waals surface area (Å²) in [5.74, 6) is 0. The summed E-state index contributed by atoms with van der Waals surface area (Å²) in [5, 5.41) is 4.27. The molecule has 4 nitrogen and oxygen atoms in total. The average molecular weight is 205 g/mol. The Balaban J connectivity index is 2.59. The van der Waals surface area contributed by atoms with Crippen LogP contribution in [0.25, 0.3) is 11.3 Å². The van der Waals surface area contributed by atoms with E-state index in [0.717, 1.165) is 17.0 Å². The molecular formula is C11H15N3O. The van der Waals surface area contributed by atoms with Gasteiger partial charge in [-0.25, -0.2) is 4.98 Å². The molecule has 0 aromatic carbocycles. The zero-order valence-corrected chi connectivity index (χ0v) is 9.48. The summed E-state index contributed by atoms with van der Waals surface area (Å²) in [5.41, 5.74) is 3.09. The van der Waals surface area contributed by atoms with Crippen molar-refractivity contribution in [3.05, 3.63) is 24.5 Å². The summed E-state index contributed by atoms with van der Waals surface area (Å²) in [7, 11) is 1.95. The van der Waals surface area contributed by atoms with E-state index < -0.39 is 0 Å². The number of nitrogens with zero attached hydrogens (tertiary/aromatic N) is 3. The lowest BCUT2D eigenvalue weighted by molar-refractivity contribution is 0.524. The zero-order valence-electron chi connectivity index (χ0n) is 9.48. The van der Waals surface area contributed by atoms with Crippen molar-refractivity contribution in [3.8, 4) is 11.3 Å². The monoisotopic (exact) mass is 205 g/mol. The van der Waals surface area contributed by atoms with Crippen LogP contribution in [-0.4, -0.2) is 14.8 Å². The molecule has 0 fully saturated rings. The van der Waals surface area contributed by atoms with E-state index in [4.69, 9.17) is 4.42 Å². The number of aryl methyl sites for hydroxylation is 1. The van der Waals surface area contributed by atoms with E-state index in [1.54, 1.807) is 6.26 Å². The van der Waals surface area contributed by atoms with Crippen LogP contribution in [0.4, 0.5) is 0 Å². The third-order valence-electron chi connectivity index (χ3n) is 2.36.